The van der Waals surface area contributed by atoms with Gasteiger partial charge in [0.2, 0.25) is 0 Å². The van der Waals surface area contributed by atoms with Gasteiger partial charge in [-0.2, -0.15) is 0 Å². The van der Waals surface area contributed by atoms with Crippen LogP contribution in [0.3, 0.4) is 0 Å². The van der Waals surface area contributed by atoms with Gasteiger partial charge < -0.3 is 0 Å². The monoisotopic (exact) mass is 601 g/mol. The van der Waals surface area contributed by atoms with Crippen LogP contribution in [-0.2, 0) is 5.41 Å². The second-order valence-electron chi connectivity index (χ2n) is 12.6. The standard InChI is InChI=1S/C44H31N3/c1-44(2)39-17-11-10-16-37(39)38-23-20-32(27-40(38)44)34-24-33(29-12-6-4-7-13-29)25-35(26-34)43-46-41(30-14-8-5-9-15-30)28-42(47-43)31-18-21-36(45-3)22-19-31/h4-28H,1-2H3. The molecule has 3 heteroatoms. The summed E-state index contributed by atoms with van der Waals surface area (Å²) in [5.41, 5.74) is 15.0. The fourth-order valence-electron chi connectivity index (χ4n) is 6.79. The molecule has 7 aromatic rings. The Hall–Kier alpha value is -6.11. The number of rotatable bonds is 5. The lowest BCUT2D eigenvalue weighted by Crippen LogP contribution is -2.14. The molecule has 0 aliphatic heterocycles. The Balaban J connectivity index is 1.33. The van der Waals surface area contributed by atoms with E-state index in [2.05, 4.69) is 116 Å². The summed E-state index contributed by atoms with van der Waals surface area (Å²) in [6.07, 6.45) is 0. The minimum absolute atomic E-state index is 0.0906. The first kappa shape index (κ1) is 28.4. The predicted octanol–water partition coefficient (Wildman–Crippen LogP) is 11.7. The van der Waals surface area contributed by atoms with Crippen LogP contribution in [-0.4, -0.2) is 9.97 Å². The van der Waals surface area contributed by atoms with Gasteiger partial charge in [-0.05, 0) is 80.4 Å². The summed E-state index contributed by atoms with van der Waals surface area (Å²) in [7, 11) is 0. The molecule has 47 heavy (non-hydrogen) atoms. The van der Waals surface area contributed by atoms with Crippen LogP contribution >= 0.6 is 0 Å². The van der Waals surface area contributed by atoms with Gasteiger partial charge in [0.25, 0.3) is 0 Å². The van der Waals surface area contributed by atoms with Crippen molar-refractivity contribution >= 4 is 5.69 Å². The number of nitrogens with zero attached hydrogens (tertiary/aromatic N) is 3. The Morgan fingerprint density at radius 1 is 0.447 bits per heavy atom. The molecular weight excluding hydrogens is 571 g/mol. The first-order valence-corrected chi connectivity index (χ1v) is 15.9. The molecule has 0 spiro atoms. The van der Waals surface area contributed by atoms with Crippen LogP contribution < -0.4 is 0 Å². The smallest absolute Gasteiger partial charge is 0.187 e. The van der Waals surface area contributed by atoms with Crippen molar-refractivity contribution in [2.45, 2.75) is 19.3 Å². The predicted molar refractivity (Wildman–Crippen MR) is 193 cm³/mol. The summed E-state index contributed by atoms with van der Waals surface area (Å²) in [6, 6.07) is 52.7. The lowest BCUT2D eigenvalue weighted by Gasteiger charge is -2.22. The van der Waals surface area contributed by atoms with Gasteiger partial charge in [-0.15, -0.1) is 0 Å². The van der Waals surface area contributed by atoms with Crippen LogP contribution in [0.15, 0.2) is 152 Å². The maximum Gasteiger partial charge on any atom is 0.187 e. The molecule has 222 valence electrons. The van der Waals surface area contributed by atoms with Crippen LogP contribution in [0, 0.1) is 6.57 Å². The Bertz CT molecular complexity index is 2310. The molecule has 1 aliphatic carbocycles. The fraction of sp³-hybridized carbons (Fsp3) is 0.0682. The van der Waals surface area contributed by atoms with E-state index in [0.717, 1.165) is 50.3 Å². The number of hydrogen-bond donors (Lipinski definition) is 0. The molecular formula is C44H31N3. The number of aromatic nitrogens is 2. The van der Waals surface area contributed by atoms with Crippen molar-refractivity contribution < 1.29 is 0 Å². The molecule has 0 saturated heterocycles. The second kappa shape index (κ2) is 11.4. The first-order chi connectivity index (χ1) is 23.0. The van der Waals surface area contributed by atoms with E-state index < -0.39 is 0 Å². The normalized spacial score (nSPS) is 12.6. The van der Waals surface area contributed by atoms with E-state index in [1.54, 1.807) is 0 Å². The molecule has 6 aromatic carbocycles. The van der Waals surface area contributed by atoms with E-state index in [4.69, 9.17) is 16.5 Å². The molecule has 0 unspecified atom stereocenters. The van der Waals surface area contributed by atoms with Crippen molar-refractivity contribution in [3.63, 3.8) is 0 Å². The van der Waals surface area contributed by atoms with Crippen molar-refractivity contribution in [3.8, 4) is 67.3 Å². The number of fused-ring (bicyclic) bond motifs is 3. The Kier molecular flexibility index (Phi) is 6.85. The summed E-state index contributed by atoms with van der Waals surface area (Å²) in [6.45, 7) is 12.0. The van der Waals surface area contributed by atoms with Gasteiger partial charge in [0.05, 0.1) is 18.0 Å². The quantitative estimate of drug-likeness (QED) is 0.184. The third-order valence-electron chi connectivity index (χ3n) is 9.30. The van der Waals surface area contributed by atoms with E-state index >= 15 is 0 Å². The molecule has 8 rings (SSSR count). The van der Waals surface area contributed by atoms with Gasteiger partial charge in [-0.3, -0.25) is 0 Å². The van der Waals surface area contributed by atoms with E-state index in [1.807, 2.05) is 54.6 Å². The van der Waals surface area contributed by atoms with Gasteiger partial charge in [-0.1, -0.05) is 135 Å². The van der Waals surface area contributed by atoms with Gasteiger partial charge in [0.1, 0.15) is 0 Å². The number of benzene rings is 6. The zero-order valence-electron chi connectivity index (χ0n) is 26.3. The molecule has 1 aliphatic rings. The van der Waals surface area contributed by atoms with Crippen LogP contribution in [0.25, 0.3) is 72.1 Å². The van der Waals surface area contributed by atoms with Crippen molar-refractivity contribution in [2.75, 3.05) is 0 Å². The van der Waals surface area contributed by atoms with Crippen LogP contribution in [0.5, 0.6) is 0 Å². The maximum absolute atomic E-state index is 7.39. The van der Waals surface area contributed by atoms with E-state index in [0.29, 0.717) is 11.5 Å². The summed E-state index contributed by atoms with van der Waals surface area (Å²) in [5, 5.41) is 0. The molecule has 0 radical (unpaired) electrons. The largest absolute Gasteiger partial charge is 0.238 e. The first-order valence-electron chi connectivity index (χ1n) is 15.9. The van der Waals surface area contributed by atoms with Gasteiger partial charge in [0.15, 0.2) is 11.5 Å². The molecule has 0 amide bonds. The second-order valence-corrected chi connectivity index (χ2v) is 12.6. The summed E-state index contributed by atoms with van der Waals surface area (Å²) < 4.78 is 0. The van der Waals surface area contributed by atoms with Crippen molar-refractivity contribution in [2.24, 2.45) is 0 Å². The molecule has 0 fully saturated rings. The molecule has 3 nitrogen and oxygen atoms in total. The summed E-state index contributed by atoms with van der Waals surface area (Å²) in [4.78, 5) is 13.9. The lowest BCUT2D eigenvalue weighted by molar-refractivity contribution is 0.660. The van der Waals surface area contributed by atoms with Crippen molar-refractivity contribution in [1.82, 2.24) is 9.97 Å². The molecule has 0 atom stereocenters. The van der Waals surface area contributed by atoms with Crippen LogP contribution in [0.2, 0.25) is 0 Å². The highest BCUT2D eigenvalue weighted by Gasteiger charge is 2.35. The zero-order valence-corrected chi connectivity index (χ0v) is 26.3. The molecule has 0 saturated carbocycles. The van der Waals surface area contributed by atoms with Crippen LogP contribution in [0.1, 0.15) is 25.0 Å². The minimum Gasteiger partial charge on any atom is -0.238 e. The highest BCUT2D eigenvalue weighted by atomic mass is 14.9. The van der Waals surface area contributed by atoms with E-state index in [9.17, 15) is 0 Å². The van der Waals surface area contributed by atoms with E-state index in [1.165, 1.54) is 22.3 Å². The molecule has 0 bridgehead atoms. The van der Waals surface area contributed by atoms with Crippen molar-refractivity contribution in [1.29, 1.82) is 0 Å². The van der Waals surface area contributed by atoms with Gasteiger partial charge in [0, 0.05) is 16.5 Å². The van der Waals surface area contributed by atoms with Crippen molar-refractivity contribution in [3.05, 3.63) is 174 Å². The number of hydrogen-bond acceptors (Lipinski definition) is 2. The van der Waals surface area contributed by atoms with Gasteiger partial charge in [-0.25, -0.2) is 14.8 Å². The van der Waals surface area contributed by atoms with Gasteiger partial charge >= 0.3 is 0 Å². The highest BCUT2D eigenvalue weighted by Crippen LogP contribution is 2.49. The summed E-state index contributed by atoms with van der Waals surface area (Å²) in [5.74, 6) is 0.656. The average Bonchev–Trinajstić information content (AvgIpc) is 3.37. The molecule has 0 N–H and O–H groups in total. The highest BCUT2D eigenvalue weighted by molar-refractivity contribution is 5.86. The summed E-state index contributed by atoms with van der Waals surface area (Å²) >= 11 is 0. The Labute approximate surface area is 275 Å². The maximum atomic E-state index is 7.39. The molecule has 1 aromatic heterocycles. The molecule has 1 heterocycles. The Morgan fingerprint density at radius 2 is 0.979 bits per heavy atom. The lowest BCUT2D eigenvalue weighted by atomic mass is 9.81. The minimum atomic E-state index is -0.0906. The third kappa shape index (κ3) is 5.11. The van der Waals surface area contributed by atoms with E-state index in [-0.39, 0.29) is 5.41 Å². The fourth-order valence-corrected chi connectivity index (χ4v) is 6.79. The zero-order chi connectivity index (χ0) is 32.0. The average molecular weight is 602 g/mol. The Morgan fingerprint density at radius 3 is 1.66 bits per heavy atom. The topological polar surface area (TPSA) is 30.1 Å². The third-order valence-corrected chi connectivity index (χ3v) is 9.30. The SMILES string of the molecule is [C-]#[N+]c1ccc(-c2cc(-c3ccccc3)nc(-c3cc(-c4ccccc4)cc(-c4ccc5c(c4)C(C)(C)c4ccccc4-5)c3)n2)cc1. The van der Waals surface area contributed by atoms with Crippen LogP contribution in [0.4, 0.5) is 5.69 Å².